The average molecular weight is 339 g/mol. The summed E-state index contributed by atoms with van der Waals surface area (Å²) < 4.78 is 0. The van der Waals surface area contributed by atoms with Gasteiger partial charge in [-0.1, -0.05) is 18.2 Å². The van der Waals surface area contributed by atoms with Crippen molar-refractivity contribution >= 4 is 40.4 Å². The van der Waals surface area contributed by atoms with Gasteiger partial charge >= 0.3 is 0 Å². The molecule has 0 spiro atoms. The fourth-order valence-electron chi connectivity index (χ4n) is 2.02. The fourth-order valence-corrected chi connectivity index (χ4v) is 2.83. The Hall–Kier alpha value is -2.93. The topological polar surface area (TPSA) is 82.3 Å². The second kappa shape index (κ2) is 6.67. The molecule has 24 heavy (non-hydrogen) atoms. The fraction of sp³-hybridized carbons (Fsp3) is 0.0588. The second-order valence-corrected chi connectivity index (χ2v) is 6.01. The van der Waals surface area contributed by atoms with Crippen LogP contribution in [-0.2, 0) is 4.79 Å². The molecule has 0 bridgehead atoms. The summed E-state index contributed by atoms with van der Waals surface area (Å²) >= 11 is 0.835. The van der Waals surface area contributed by atoms with Gasteiger partial charge in [-0.2, -0.15) is 10.2 Å². The van der Waals surface area contributed by atoms with Gasteiger partial charge in [0, 0.05) is 12.6 Å². The van der Waals surface area contributed by atoms with Crippen molar-refractivity contribution in [3.05, 3.63) is 59.0 Å². The highest BCUT2D eigenvalue weighted by atomic mass is 32.2. The molecule has 0 saturated carbocycles. The van der Waals surface area contributed by atoms with Crippen molar-refractivity contribution in [3.63, 3.8) is 0 Å². The Morgan fingerprint density at radius 2 is 1.75 bits per heavy atom. The number of hydrogen-bond acceptors (Lipinski definition) is 6. The van der Waals surface area contributed by atoms with Crippen molar-refractivity contribution in [2.24, 2.45) is 10.2 Å². The summed E-state index contributed by atoms with van der Waals surface area (Å²) in [5.41, 5.74) is 1.64. The Morgan fingerprint density at radius 3 is 2.42 bits per heavy atom. The van der Waals surface area contributed by atoms with Gasteiger partial charge in [-0.05, 0) is 48.2 Å². The molecule has 1 fully saturated rings. The van der Waals surface area contributed by atoms with Crippen LogP contribution in [0.2, 0.25) is 0 Å². The van der Waals surface area contributed by atoms with E-state index in [-0.39, 0.29) is 21.8 Å². The minimum Gasteiger partial charge on any atom is -0.507 e. The van der Waals surface area contributed by atoms with Crippen LogP contribution in [0.4, 0.5) is 16.2 Å². The number of benzene rings is 2. The first-order valence-corrected chi connectivity index (χ1v) is 7.87. The molecule has 2 amide bonds. The molecular weight excluding hydrogens is 326 g/mol. The molecule has 0 radical (unpaired) electrons. The summed E-state index contributed by atoms with van der Waals surface area (Å²) in [7, 11) is 1.42. The third-order valence-corrected chi connectivity index (χ3v) is 4.28. The number of amides is 2. The normalized spacial score (nSPS) is 16.5. The zero-order valence-electron chi connectivity index (χ0n) is 12.7. The van der Waals surface area contributed by atoms with Crippen molar-refractivity contribution in [2.45, 2.75) is 0 Å². The molecule has 0 unspecified atom stereocenters. The van der Waals surface area contributed by atoms with E-state index in [1.165, 1.54) is 19.2 Å². The maximum absolute atomic E-state index is 11.9. The van der Waals surface area contributed by atoms with Crippen LogP contribution >= 0.6 is 11.8 Å². The van der Waals surface area contributed by atoms with Crippen LogP contribution in [0.5, 0.6) is 5.75 Å². The molecule has 1 heterocycles. The van der Waals surface area contributed by atoms with E-state index in [1.54, 1.807) is 12.1 Å². The van der Waals surface area contributed by atoms with Gasteiger partial charge in [-0.25, -0.2) is 0 Å². The molecule has 1 aliphatic heterocycles. The lowest BCUT2D eigenvalue weighted by Gasteiger charge is -2.03. The summed E-state index contributed by atoms with van der Waals surface area (Å²) in [6.45, 7) is 0. The molecule has 2 aromatic rings. The highest BCUT2D eigenvalue weighted by Crippen LogP contribution is 2.34. The van der Waals surface area contributed by atoms with E-state index in [2.05, 4.69) is 10.2 Å². The molecule has 0 aromatic heterocycles. The molecule has 0 aliphatic carbocycles. The molecule has 1 saturated heterocycles. The standard InChI is InChI=1S/C17H13N3O3S/c1-20-16(22)15(24-17(20)23)10-11-9-13(7-8-14(11)21)19-18-12-5-3-2-4-6-12/h2-10,21H,1H3/b15-10-,19-18?. The summed E-state index contributed by atoms with van der Waals surface area (Å²) in [6.07, 6.45) is 1.48. The number of imide groups is 1. The first kappa shape index (κ1) is 15.9. The quantitative estimate of drug-likeness (QED) is 0.660. The number of phenols is 1. The molecule has 0 atom stereocenters. The van der Waals surface area contributed by atoms with Crippen LogP contribution in [0.1, 0.15) is 5.56 Å². The lowest BCUT2D eigenvalue weighted by molar-refractivity contribution is -0.121. The van der Waals surface area contributed by atoms with Crippen LogP contribution in [0.3, 0.4) is 0 Å². The van der Waals surface area contributed by atoms with Crippen molar-refractivity contribution in [1.29, 1.82) is 0 Å². The minimum absolute atomic E-state index is 0.00318. The van der Waals surface area contributed by atoms with Crippen molar-refractivity contribution in [3.8, 4) is 5.75 Å². The largest absolute Gasteiger partial charge is 0.507 e. The molecule has 7 heteroatoms. The number of hydrogen-bond donors (Lipinski definition) is 1. The monoisotopic (exact) mass is 339 g/mol. The van der Waals surface area contributed by atoms with E-state index < -0.39 is 0 Å². The van der Waals surface area contributed by atoms with E-state index in [0.29, 0.717) is 16.9 Å². The van der Waals surface area contributed by atoms with E-state index >= 15 is 0 Å². The lowest BCUT2D eigenvalue weighted by atomic mass is 10.1. The average Bonchev–Trinajstić information content (AvgIpc) is 2.83. The first-order chi connectivity index (χ1) is 11.5. The van der Waals surface area contributed by atoms with Crippen molar-refractivity contribution in [2.75, 3.05) is 7.05 Å². The molecule has 6 nitrogen and oxygen atoms in total. The van der Waals surface area contributed by atoms with E-state index in [4.69, 9.17) is 0 Å². The highest BCUT2D eigenvalue weighted by molar-refractivity contribution is 8.18. The predicted octanol–water partition coefficient (Wildman–Crippen LogP) is 4.47. The Labute approximate surface area is 142 Å². The van der Waals surface area contributed by atoms with Gasteiger partial charge in [0.25, 0.3) is 11.1 Å². The zero-order chi connectivity index (χ0) is 17.1. The number of nitrogens with zero attached hydrogens (tertiary/aromatic N) is 3. The van der Waals surface area contributed by atoms with Gasteiger partial charge in [0.1, 0.15) is 5.75 Å². The summed E-state index contributed by atoms with van der Waals surface area (Å²) in [4.78, 5) is 24.7. The van der Waals surface area contributed by atoms with Gasteiger partial charge in [-0.15, -0.1) is 0 Å². The number of carbonyl (C=O) groups excluding carboxylic acids is 2. The smallest absolute Gasteiger partial charge is 0.293 e. The number of carbonyl (C=O) groups is 2. The number of azo groups is 1. The SMILES string of the molecule is CN1C(=O)S/C(=C\c2cc(N=Nc3ccccc3)ccc2O)C1=O. The van der Waals surface area contributed by atoms with Crippen LogP contribution in [0.15, 0.2) is 63.7 Å². The van der Waals surface area contributed by atoms with E-state index in [9.17, 15) is 14.7 Å². The second-order valence-electron chi connectivity index (χ2n) is 5.02. The molecule has 3 rings (SSSR count). The Balaban J connectivity index is 1.89. The number of likely N-dealkylation sites (N-methyl/N-ethyl adjacent to an activating group) is 1. The number of aromatic hydroxyl groups is 1. The maximum Gasteiger partial charge on any atom is 0.293 e. The van der Waals surface area contributed by atoms with Crippen LogP contribution in [-0.4, -0.2) is 28.2 Å². The third kappa shape index (κ3) is 3.36. The van der Waals surface area contributed by atoms with Gasteiger partial charge in [0.05, 0.1) is 16.3 Å². The third-order valence-electron chi connectivity index (χ3n) is 3.32. The van der Waals surface area contributed by atoms with Crippen molar-refractivity contribution in [1.82, 2.24) is 4.90 Å². The van der Waals surface area contributed by atoms with Gasteiger partial charge in [0.2, 0.25) is 0 Å². The maximum atomic E-state index is 11.9. The van der Waals surface area contributed by atoms with Gasteiger partial charge in [0.15, 0.2) is 0 Å². The van der Waals surface area contributed by atoms with E-state index in [0.717, 1.165) is 16.7 Å². The molecule has 1 N–H and O–H groups in total. The van der Waals surface area contributed by atoms with Gasteiger partial charge < -0.3 is 5.11 Å². The minimum atomic E-state index is -0.388. The Bertz CT molecular complexity index is 863. The summed E-state index contributed by atoms with van der Waals surface area (Å²) in [6, 6.07) is 13.9. The van der Waals surface area contributed by atoms with Crippen LogP contribution in [0.25, 0.3) is 6.08 Å². The zero-order valence-corrected chi connectivity index (χ0v) is 13.5. The number of thioether (sulfide) groups is 1. The lowest BCUT2D eigenvalue weighted by Crippen LogP contribution is -2.22. The molecule has 1 aliphatic rings. The Kier molecular flexibility index (Phi) is 4.43. The first-order valence-electron chi connectivity index (χ1n) is 7.06. The molecule has 120 valence electrons. The summed E-state index contributed by atoms with van der Waals surface area (Å²) in [5.74, 6) is -0.391. The number of phenolic OH excluding ortho intramolecular Hbond substituents is 1. The van der Waals surface area contributed by atoms with Crippen molar-refractivity contribution < 1.29 is 14.7 Å². The van der Waals surface area contributed by atoms with Crippen LogP contribution < -0.4 is 0 Å². The molecule has 2 aromatic carbocycles. The predicted molar refractivity (Wildman–Crippen MR) is 92.5 cm³/mol. The number of rotatable bonds is 3. The van der Waals surface area contributed by atoms with Gasteiger partial charge in [-0.3, -0.25) is 14.5 Å². The Morgan fingerprint density at radius 1 is 1.04 bits per heavy atom. The van der Waals surface area contributed by atoms with Crippen LogP contribution in [0, 0.1) is 0 Å². The molecular formula is C17H13N3O3S. The van der Waals surface area contributed by atoms with E-state index in [1.807, 2.05) is 30.3 Å². The summed E-state index contributed by atoms with van der Waals surface area (Å²) in [5, 5.41) is 17.8. The highest BCUT2D eigenvalue weighted by Gasteiger charge is 2.31.